The van der Waals surface area contributed by atoms with E-state index in [1.165, 1.54) is 0 Å². The monoisotopic (exact) mass is 288 g/mol. The summed E-state index contributed by atoms with van der Waals surface area (Å²) in [6, 6.07) is 12.5. The van der Waals surface area contributed by atoms with E-state index in [9.17, 15) is 4.79 Å². The fourth-order valence-corrected chi connectivity index (χ4v) is 2.32. The average molecular weight is 289 g/mol. The number of hydrogen-bond donors (Lipinski definition) is 2. The molecular weight excluding hydrogens is 272 g/mol. The van der Waals surface area contributed by atoms with Gasteiger partial charge < -0.3 is 11.1 Å². The maximum atomic E-state index is 11.8. The molecule has 0 aliphatic carbocycles. The molecule has 0 aliphatic rings. The molecule has 2 aromatic rings. The van der Waals surface area contributed by atoms with Gasteiger partial charge in [0.1, 0.15) is 6.04 Å². The summed E-state index contributed by atoms with van der Waals surface area (Å²) in [6.07, 6.45) is 0. The van der Waals surface area contributed by atoms with Gasteiger partial charge in [-0.2, -0.15) is 0 Å². The van der Waals surface area contributed by atoms with E-state index in [2.05, 4.69) is 5.32 Å². The first-order valence-corrected chi connectivity index (χ1v) is 6.74. The molecule has 0 aromatic heterocycles. The van der Waals surface area contributed by atoms with Crippen molar-refractivity contribution >= 4 is 23.2 Å². The summed E-state index contributed by atoms with van der Waals surface area (Å²) in [6.45, 7) is 4.00. The fourth-order valence-electron chi connectivity index (χ4n) is 2.13. The zero-order valence-electron chi connectivity index (χ0n) is 11.5. The van der Waals surface area contributed by atoms with Gasteiger partial charge in [-0.3, -0.25) is 4.79 Å². The number of benzene rings is 2. The maximum absolute atomic E-state index is 11.8. The topological polar surface area (TPSA) is 55.1 Å². The Bertz CT molecular complexity index is 640. The van der Waals surface area contributed by atoms with Crippen LogP contribution in [0.5, 0.6) is 0 Å². The summed E-state index contributed by atoms with van der Waals surface area (Å²) in [5.74, 6) is -0.418. The molecule has 2 rings (SSSR count). The van der Waals surface area contributed by atoms with Crippen LogP contribution in [0.3, 0.4) is 0 Å². The van der Waals surface area contributed by atoms with Gasteiger partial charge in [-0.15, -0.1) is 0 Å². The van der Waals surface area contributed by atoms with Gasteiger partial charge in [0.05, 0.1) is 0 Å². The molecule has 0 bridgehead atoms. The summed E-state index contributed by atoms with van der Waals surface area (Å²) >= 11 is 5.95. The van der Waals surface area contributed by atoms with E-state index in [4.69, 9.17) is 17.3 Å². The molecule has 0 fully saturated rings. The number of anilines is 1. The maximum Gasteiger partial charge on any atom is 0.244 e. The number of primary amides is 1. The number of carbonyl (C=O) groups excluding carboxylic acids is 1. The van der Waals surface area contributed by atoms with Crippen molar-refractivity contribution in [3.63, 3.8) is 0 Å². The van der Waals surface area contributed by atoms with E-state index < -0.39 is 11.9 Å². The molecule has 0 radical (unpaired) electrons. The minimum absolute atomic E-state index is 0.418. The number of carbonyl (C=O) groups is 1. The Morgan fingerprint density at radius 2 is 1.90 bits per heavy atom. The molecule has 3 N–H and O–H groups in total. The molecule has 1 unspecified atom stereocenters. The molecule has 0 saturated heterocycles. The van der Waals surface area contributed by atoms with Gasteiger partial charge in [0.2, 0.25) is 5.91 Å². The van der Waals surface area contributed by atoms with Crippen LogP contribution >= 0.6 is 11.6 Å². The minimum Gasteiger partial charge on any atom is -0.370 e. The van der Waals surface area contributed by atoms with E-state index in [-0.39, 0.29) is 0 Å². The largest absolute Gasteiger partial charge is 0.370 e. The molecule has 4 heteroatoms. The lowest BCUT2D eigenvalue weighted by molar-refractivity contribution is -0.118. The quantitative estimate of drug-likeness (QED) is 0.903. The predicted octanol–water partition coefficient (Wildman–Crippen LogP) is 3.60. The molecule has 0 saturated carbocycles. The molecule has 1 amide bonds. The van der Waals surface area contributed by atoms with Crippen LogP contribution in [-0.4, -0.2) is 5.91 Å². The Morgan fingerprint density at radius 3 is 2.55 bits per heavy atom. The van der Waals surface area contributed by atoms with Crippen molar-refractivity contribution in [2.24, 2.45) is 5.73 Å². The average Bonchev–Trinajstić information content (AvgIpc) is 2.39. The number of aryl methyl sites for hydroxylation is 1. The normalized spacial score (nSPS) is 11.9. The lowest BCUT2D eigenvalue weighted by Crippen LogP contribution is -2.28. The van der Waals surface area contributed by atoms with Gasteiger partial charge in [-0.1, -0.05) is 35.9 Å². The molecule has 1 atom stereocenters. The van der Waals surface area contributed by atoms with Crippen molar-refractivity contribution in [1.82, 2.24) is 0 Å². The third-order valence-electron chi connectivity index (χ3n) is 3.38. The fraction of sp³-hybridized carbons (Fsp3) is 0.188. The highest BCUT2D eigenvalue weighted by atomic mass is 35.5. The summed E-state index contributed by atoms with van der Waals surface area (Å²) in [5, 5.41) is 3.75. The van der Waals surface area contributed by atoms with Crippen LogP contribution in [0.2, 0.25) is 5.02 Å². The standard InChI is InChI=1S/C16H17ClN2O/c1-10-5-3-8-14(11(10)2)15(16(18)20)19-13-7-4-6-12(17)9-13/h3-9,15,19H,1-2H3,(H2,18,20). The van der Waals surface area contributed by atoms with Gasteiger partial charge in [0.15, 0.2) is 0 Å². The molecule has 0 spiro atoms. The van der Waals surface area contributed by atoms with E-state index in [1.54, 1.807) is 12.1 Å². The second kappa shape index (κ2) is 5.97. The summed E-state index contributed by atoms with van der Waals surface area (Å²) in [4.78, 5) is 11.8. The second-order valence-corrected chi connectivity index (χ2v) is 5.22. The Hall–Kier alpha value is -2.00. The SMILES string of the molecule is Cc1cccc(C(Nc2cccc(Cl)c2)C(N)=O)c1C. The summed E-state index contributed by atoms with van der Waals surface area (Å²) in [5.41, 5.74) is 9.38. The second-order valence-electron chi connectivity index (χ2n) is 4.78. The van der Waals surface area contributed by atoms with E-state index in [1.807, 2.05) is 44.2 Å². The van der Waals surface area contributed by atoms with Crippen LogP contribution in [-0.2, 0) is 4.79 Å². The number of hydrogen-bond acceptors (Lipinski definition) is 2. The van der Waals surface area contributed by atoms with Crippen LogP contribution in [0.15, 0.2) is 42.5 Å². The van der Waals surface area contributed by atoms with Crippen LogP contribution in [0.25, 0.3) is 0 Å². The number of nitrogens with two attached hydrogens (primary N) is 1. The van der Waals surface area contributed by atoms with Crippen molar-refractivity contribution < 1.29 is 4.79 Å². The lowest BCUT2D eigenvalue weighted by Gasteiger charge is -2.20. The van der Waals surface area contributed by atoms with Gasteiger partial charge >= 0.3 is 0 Å². The van der Waals surface area contributed by atoms with Gasteiger partial charge in [0.25, 0.3) is 0 Å². The molecule has 3 nitrogen and oxygen atoms in total. The number of halogens is 1. The van der Waals surface area contributed by atoms with Crippen molar-refractivity contribution in [1.29, 1.82) is 0 Å². The molecule has 0 aliphatic heterocycles. The first-order chi connectivity index (χ1) is 9.49. The van der Waals surface area contributed by atoms with Gasteiger partial charge in [-0.05, 0) is 48.7 Å². The number of amides is 1. The Balaban J connectivity index is 2.37. The van der Waals surface area contributed by atoms with Gasteiger partial charge in [0, 0.05) is 10.7 Å². The summed E-state index contributed by atoms with van der Waals surface area (Å²) in [7, 11) is 0. The van der Waals surface area contributed by atoms with E-state index in [0.29, 0.717) is 5.02 Å². The Labute approximate surface area is 123 Å². The zero-order chi connectivity index (χ0) is 14.7. The van der Waals surface area contributed by atoms with Crippen molar-refractivity contribution in [2.75, 3.05) is 5.32 Å². The first-order valence-electron chi connectivity index (χ1n) is 6.36. The highest BCUT2D eigenvalue weighted by Gasteiger charge is 2.20. The highest BCUT2D eigenvalue weighted by molar-refractivity contribution is 6.30. The number of nitrogens with one attached hydrogen (secondary N) is 1. The molecular formula is C16H17ClN2O. The van der Waals surface area contributed by atoms with Crippen LogP contribution in [0.1, 0.15) is 22.7 Å². The van der Waals surface area contributed by atoms with Crippen molar-refractivity contribution in [3.05, 3.63) is 64.2 Å². The van der Waals surface area contributed by atoms with Crippen LogP contribution in [0.4, 0.5) is 5.69 Å². The van der Waals surface area contributed by atoms with E-state index in [0.717, 1.165) is 22.4 Å². The molecule has 20 heavy (non-hydrogen) atoms. The van der Waals surface area contributed by atoms with Gasteiger partial charge in [-0.25, -0.2) is 0 Å². The first kappa shape index (κ1) is 14.4. The van der Waals surface area contributed by atoms with Crippen molar-refractivity contribution in [2.45, 2.75) is 19.9 Å². The van der Waals surface area contributed by atoms with Crippen molar-refractivity contribution in [3.8, 4) is 0 Å². The third kappa shape index (κ3) is 3.11. The summed E-state index contributed by atoms with van der Waals surface area (Å²) < 4.78 is 0. The van der Waals surface area contributed by atoms with Crippen LogP contribution < -0.4 is 11.1 Å². The lowest BCUT2D eigenvalue weighted by atomic mass is 9.97. The molecule has 0 heterocycles. The smallest absolute Gasteiger partial charge is 0.244 e. The predicted molar refractivity (Wildman–Crippen MR) is 82.9 cm³/mol. The zero-order valence-corrected chi connectivity index (χ0v) is 12.2. The number of rotatable bonds is 4. The molecule has 104 valence electrons. The Kier molecular flexibility index (Phi) is 4.30. The third-order valence-corrected chi connectivity index (χ3v) is 3.61. The molecule has 2 aromatic carbocycles. The Morgan fingerprint density at radius 1 is 1.20 bits per heavy atom. The minimum atomic E-state index is -0.576. The van der Waals surface area contributed by atoms with Crippen LogP contribution in [0, 0.1) is 13.8 Å². The highest BCUT2D eigenvalue weighted by Crippen LogP contribution is 2.25. The van der Waals surface area contributed by atoms with E-state index >= 15 is 0 Å².